The van der Waals surface area contributed by atoms with E-state index in [0.717, 1.165) is 25.4 Å². The van der Waals surface area contributed by atoms with Crippen LogP contribution in [0, 0.1) is 6.92 Å². The van der Waals surface area contributed by atoms with Crippen LogP contribution >= 0.6 is 11.3 Å². The highest BCUT2D eigenvalue weighted by molar-refractivity contribution is 7.11. The van der Waals surface area contributed by atoms with Gasteiger partial charge in [-0.1, -0.05) is 18.2 Å². The number of rotatable bonds is 4. The molecule has 3 rings (SSSR count). The number of thiophene rings is 1. The van der Waals surface area contributed by atoms with Crippen molar-refractivity contribution < 1.29 is 4.74 Å². The summed E-state index contributed by atoms with van der Waals surface area (Å²) in [4.78, 5) is 2.78. The lowest BCUT2D eigenvalue weighted by Gasteiger charge is -2.09. The van der Waals surface area contributed by atoms with Gasteiger partial charge in [-0.15, -0.1) is 11.3 Å². The Labute approximate surface area is 112 Å². The standard InChI is InChI=1S/C15H17NOS/c1-11-6-7-13(18-11)9-16-8-12-10-17-15-5-3-2-4-14(12)15/h2-7,12,16H,8-10H2,1H3. The Bertz CT molecular complexity index is 535. The Morgan fingerprint density at radius 1 is 1.28 bits per heavy atom. The molecule has 0 spiro atoms. The Kier molecular flexibility index (Phi) is 3.35. The molecule has 0 saturated heterocycles. The van der Waals surface area contributed by atoms with Crippen LogP contribution in [0.2, 0.25) is 0 Å². The summed E-state index contributed by atoms with van der Waals surface area (Å²) < 4.78 is 5.68. The quantitative estimate of drug-likeness (QED) is 0.909. The molecule has 0 amide bonds. The summed E-state index contributed by atoms with van der Waals surface area (Å²) in [7, 11) is 0. The van der Waals surface area contributed by atoms with Gasteiger partial charge in [0.05, 0.1) is 6.61 Å². The van der Waals surface area contributed by atoms with Crippen LogP contribution in [0.3, 0.4) is 0 Å². The summed E-state index contributed by atoms with van der Waals surface area (Å²) in [5.74, 6) is 1.54. The molecule has 1 aliphatic rings. The highest BCUT2D eigenvalue weighted by Gasteiger charge is 2.22. The highest BCUT2D eigenvalue weighted by Crippen LogP contribution is 2.32. The molecule has 1 aliphatic heterocycles. The normalized spacial score (nSPS) is 17.5. The van der Waals surface area contributed by atoms with Gasteiger partial charge in [0.25, 0.3) is 0 Å². The summed E-state index contributed by atoms with van der Waals surface area (Å²) in [6.45, 7) is 4.89. The van der Waals surface area contributed by atoms with Crippen molar-refractivity contribution in [2.45, 2.75) is 19.4 Å². The number of nitrogens with one attached hydrogen (secondary N) is 1. The van der Waals surface area contributed by atoms with E-state index in [1.165, 1.54) is 15.3 Å². The third-order valence-electron chi connectivity index (χ3n) is 3.28. The van der Waals surface area contributed by atoms with Crippen LogP contribution in [0.5, 0.6) is 5.75 Å². The first-order chi connectivity index (χ1) is 8.83. The monoisotopic (exact) mass is 259 g/mol. The fourth-order valence-corrected chi connectivity index (χ4v) is 3.21. The van der Waals surface area contributed by atoms with Crippen molar-refractivity contribution >= 4 is 11.3 Å². The first kappa shape index (κ1) is 11.8. The van der Waals surface area contributed by atoms with E-state index >= 15 is 0 Å². The van der Waals surface area contributed by atoms with Crippen LogP contribution in [0.1, 0.15) is 21.2 Å². The van der Waals surface area contributed by atoms with E-state index in [1.54, 1.807) is 0 Å². The molecular formula is C15H17NOS. The molecular weight excluding hydrogens is 242 g/mol. The summed E-state index contributed by atoms with van der Waals surface area (Å²) in [6, 6.07) is 12.7. The number of benzene rings is 1. The van der Waals surface area contributed by atoms with Gasteiger partial charge in [-0.2, -0.15) is 0 Å². The Balaban J connectivity index is 1.56. The van der Waals surface area contributed by atoms with E-state index in [0.29, 0.717) is 5.92 Å². The third-order valence-corrected chi connectivity index (χ3v) is 4.29. The van der Waals surface area contributed by atoms with Crippen LogP contribution in [0.25, 0.3) is 0 Å². The van der Waals surface area contributed by atoms with Crippen LogP contribution in [0.15, 0.2) is 36.4 Å². The van der Waals surface area contributed by atoms with Gasteiger partial charge < -0.3 is 10.1 Å². The fraction of sp³-hybridized carbons (Fsp3) is 0.333. The highest BCUT2D eigenvalue weighted by atomic mass is 32.1. The zero-order chi connectivity index (χ0) is 12.4. The summed E-state index contributed by atoms with van der Waals surface area (Å²) in [6.07, 6.45) is 0. The maximum absolute atomic E-state index is 5.68. The zero-order valence-electron chi connectivity index (χ0n) is 10.5. The van der Waals surface area contributed by atoms with E-state index in [4.69, 9.17) is 4.74 Å². The molecule has 2 aromatic rings. The van der Waals surface area contributed by atoms with Crippen LogP contribution < -0.4 is 10.1 Å². The van der Waals surface area contributed by atoms with Gasteiger partial charge in [-0.05, 0) is 25.1 Å². The van der Waals surface area contributed by atoms with Crippen molar-refractivity contribution in [1.82, 2.24) is 5.32 Å². The lowest BCUT2D eigenvalue weighted by atomic mass is 10.0. The van der Waals surface area contributed by atoms with Crippen molar-refractivity contribution in [1.29, 1.82) is 0 Å². The average molecular weight is 259 g/mol. The minimum Gasteiger partial charge on any atom is -0.493 e. The molecule has 0 fully saturated rings. The summed E-state index contributed by atoms with van der Waals surface area (Å²) in [5, 5.41) is 3.53. The smallest absolute Gasteiger partial charge is 0.122 e. The van der Waals surface area contributed by atoms with E-state index in [-0.39, 0.29) is 0 Å². The van der Waals surface area contributed by atoms with Crippen LogP contribution in [-0.2, 0) is 6.54 Å². The Morgan fingerprint density at radius 2 is 2.17 bits per heavy atom. The van der Waals surface area contributed by atoms with Gasteiger partial charge in [-0.3, -0.25) is 0 Å². The molecule has 1 N–H and O–H groups in total. The van der Waals surface area contributed by atoms with Gasteiger partial charge >= 0.3 is 0 Å². The third kappa shape index (κ3) is 2.42. The molecule has 18 heavy (non-hydrogen) atoms. The van der Waals surface area contributed by atoms with E-state index in [1.807, 2.05) is 17.4 Å². The Morgan fingerprint density at radius 3 is 3.00 bits per heavy atom. The van der Waals surface area contributed by atoms with Crippen molar-refractivity contribution in [2.24, 2.45) is 0 Å². The maximum Gasteiger partial charge on any atom is 0.122 e. The molecule has 1 unspecified atom stereocenters. The Hall–Kier alpha value is -1.32. The molecule has 0 saturated carbocycles. The van der Waals surface area contributed by atoms with Gasteiger partial charge in [0.2, 0.25) is 0 Å². The number of aryl methyl sites for hydroxylation is 1. The topological polar surface area (TPSA) is 21.3 Å². The van der Waals surface area contributed by atoms with E-state index in [2.05, 4.69) is 42.6 Å². The second-order valence-corrected chi connectivity index (χ2v) is 6.06. The molecule has 0 aliphatic carbocycles. The van der Waals surface area contributed by atoms with Crippen molar-refractivity contribution in [2.75, 3.05) is 13.2 Å². The molecule has 2 nitrogen and oxygen atoms in total. The number of hydrogen-bond donors (Lipinski definition) is 1. The average Bonchev–Trinajstić information content (AvgIpc) is 2.97. The number of ether oxygens (including phenoxy) is 1. The van der Waals surface area contributed by atoms with Crippen molar-refractivity contribution in [3.63, 3.8) is 0 Å². The van der Waals surface area contributed by atoms with Crippen molar-refractivity contribution in [3.05, 3.63) is 51.7 Å². The number of fused-ring (bicyclic) bond motifs is 1. The summed E-state index contributed by atoms with van der Waals surface area (Å²) in [5.41, 5.74) is 1.34. The van der Waals surface area contributed by atoms with Gasteiger partial charge in [0.15, 0.2) is 0 Å². The second-order valence-electron chi connectivity index (χ2n) is 4.69. The predicted octanol–water partition coefficient (Wildman–Crippen LogP) is 3.32. The predicted molar refractivity (Wildman–Crippen MR) is 75.4 cm³/mol. The van der Waals surface area contributed by atoms with E-state index in [9.17, 15) is 0 Å². The zero-order valence-corrected chi connectivity index (χ0v) is 11.3. The van der Waals surface area contributed by atoms with Gasteiger partial charge in [0.1, 0.15) is 5.75 Å². The molecule has 94 valence electrons. The molecule has 0 bridgehead atoms. The molecule has 1 aromatic carbocycles. The lowest BCUT2D eigenvalue weighted by molar-refractivity contribution is 0.326. The first-order valence-corrected chi connectivity index (χ1v) is 7.12. The van der Waals surface area contributed by atoms with Gasteiger partial charge in [-0.25, -0.2) is 0 Å². The minimum absolute atomic E-state index is 0.488. The molecule has 0 radical (unpaired) electrons. The number of para-hydroxylation sites is 1. The molecule has 1 atom stereocenters. The number of hydrogen-bond acceptors (Lipinski definition) is 3. The van der Waals surface area contributed by atoms with Crippen LogP contribution in [-0.4, -0.2) is 13.2 Å². The largest absolute Gasteiger partial charge is 0.493 e. The lowest BCUT2D eigenvalue weighted by Crippen LogP contribution is -2.21. The van der Waals surface area contributed by atoms with Crippen LogP contribution in [0.4, 0.5) is 0 Å². The molecule has 3 heteroatoms. The molecule has 2 heterocycles. The summed E-state index contributed by atoms with van der Waals surface area (Å²) >= 11 is 1.86. The van der Waals surface area contributed by atoms with E-state index < -0.39 is 0 Å². The first-order valence-electron chi connectivity index (χ1n) is 6.30. The van der Waals surface area contributed by atoms with Gasteiger partial charge in [0, 0.05) is 34.3 Å². The fourth-order valence-electron chi connectivity index (χ4n) is 2.35. The minimum atomic E-state index is 0.488. The molecule has 1 aromatic heterocycles. The maximum atomic E-state index is 5.68. The second kappa shape index (κ2) is 5.12. The SMILES string of the molecule is Cc1ccc(CNCC2COc3ccccc32)s1. The van der Waals surface area contributed by atoms with Crippen molar-refractivity contribution in [3.8, 4) is 5.75 Å².